The molecule has 7 heteroatoms. The maximum atomic E-state index is 13.2. The molecule has 0 spiro atoms. The molecule has 0 aliphatic heterocycles. The molecule has 2 N–H and O–H groups in total. The summed E-state index contributed by atoms with van der Waals surface area (Å²) >= 11 is 0. The van der Waals surface area contributed by atoms with E-state index in [1.165, 1.54) is 7.11 Å². The summed E-state index contributed by atoms with van der Waals surface area (Å²) in [5.74, 6) is -3.34. The van der Waals surface area contributed by atoms with Gasteiger partial charge in [0.25, 0.3) is 0 Å². The molecular formula is C12H16F3NO3. The highest BCUT2D eigenvalue weighted by Gasteiger charge is 2.11. The first kappa shape index (κ1) is 15.7. The van der Waals surface area contributed by atoms with Crippen LogP contribution in [0.15, 0.2) is 12.1 Å². The number of aliphatic hydroxyl groups is 1. The van der Waals surface area contributed by atoms with Gasteiger partial charge in [-0.1, -0.05) is 0 Å². The van der Waals surface area contributed by atoms with E-state index in [4.69, 9.17) is 9.47 Å². The van der Waals surface area contributed by atoms with Crippen molar-refractivity contribution in [2.75, 3.05) is 38.8 Å². The van der Waals surface area contributed by atoms with Crippen molar-refractivity contribution >= 4 is 5.69 Å². The molecule has 0 aromatic heterocycles. The van der Waals surface area contributed by atoms with E-state index >= 15 is 0 Å². The molecule has 1 unspecified atom stereocenters. The summed E-state index contributed by atoms with van der Waals surface area (Å²) in [6.07, 6.45) is -0.899. The van der Waals surface area contributed by atoms with Crippen molar-refractivity contribution in [3.63, 3.8) is 0 Å². The second-order valence-electron chi connectivity index (χ2n) is 3.85. The number of anilines is 1. The first-order valence-corrected chi connectivity index (χ1v) is 5.67. The highest BCUT2D eigenvalue weighted by Crippen LogP contribution is 2.18. The monoisotopic (exact) mass is 279 g/mol. The minimum absolute atomic E-state index is 0.0294. The summed E-state index contributed by atoms with van der Waals surface area (Å²) in [5.41, 5.74) is -0.213. The number of ether oxygens (including phenoxy) is 2. The number of hydrogen-bond donors (Lipinski definition) is 2. The lowest BCUT2D eigenvalue weighted by atomic mass is 10.2. The highest BCUT2D eigenvalue weighted by atomic mass is 19.2. The normalized spacial score (nSPS) is 12.5. The predicted octanol–water partition coefficient (Wildman–Crippen LogP) is 1.54. The second-order valence-corrected chi connectivity index (χ2v) is 3.85. The molecule has 0 radical (unpaired) electrons. The van der Waals surface area contributed by atoms with Gasteiger partial charge in [0.2, 0.25) is 0 Å². The van der Waals surface area contributed by atoms with Gasteiger partial charge in [0.15, 0.2) is 11.6 Å². The first-order chi connectivity index (χ1) is 9.04. The van der Waals surface area contributed by atoms with E-state index in [9.17, 15) is 18.3 Å². The second kappa shape index (κ2) is 7.98. The third kappa shape index (κ3) is 5.46. The van der Waals surface area contributed by atoms with Crippen molar-refractivity contribution in [2.24, 2.45) is 0 Å². The average molecular weight is 279 g/mol. The van der Waals surface area contributed by atoms with Crippen LogP contribution in [0.1, 0.15) is 0 Å². The van der Waals surface area contributed by atoms with Gasteiger partial charge >= 0.3 is 0 Å². The Kier molecular flexibility index (Phi) is 6.61. The Morgan fingerprint density at radius 1 is 1.16 bits per heavy atom. The van der Waals surface area contributed by atoms with Gasteiger partial charge in [0.1, 0.15) is 5.82 Å². The topological polar surface area (TPSA) is 50.7 Å². The minimum atomic E-state index is -1.26. The fourth-order valence-corrected chi connectivity index (χ4v) is 1.31. The Hall–Kier alpha value is -1.31. The van der Waals surface area contributed by atoms with Crippen LogP contribution in [0.4, 0.5) is 18.9 Å². The van der Waals surface area contributed by atoms with Gasteiger partial charge in [-0.25, -0.2) is 13.2 Å². The largest absolute Gasteiger partial charge is 0.389 e. The zero-order chi connectivity index (χ0) is 14.3. The number of methoxy groups -OCH3 is 1. The Balaban J connectivity index is 2.37. The molecule has 4 nitrogen and oxygen atoms in total. The summed E-state index contributed by atoms with van der Waals surface area (Å²) < 4.78 is 48.6. The van der Waals surface area contributed by atoms with Crippen LogP contribution in [0.3, 0.4) is 0 Å². The van der Waals surface area contributed by atoms with Gasteiger partial charge < -0.3 is 19.9 Å². The maximum Gasteiger partial charge on any atom is 0.161 e. The molecule has 19 heavy (non-hydrogen) atoms. The van der Waals surface area contributed by atoms with Crippen molar-refractivity contribution in [1.82, 2.24) is 0 Å². The standard InChI is InChI=1S/C12H16F3NO3/c1-18-2-3-19-7-8(17)6-16-12-5-10(14)9(13)4-11(12)15/h4-5,8,16-17H,2-3,6-7H2,1H3. The zero-order valence-corrected chi connectivity index (χ0v) is 10.5. The third-order valence-corrected chi connectivity index (χ3v) is 2.28. The molecule has 0 aliphatic carbocycles. The van der Waals surface area contributed by atoms with Crippen molar-refractivity contribution in [3.05, 3.63) is 29.6 Å². The van der Waals surface area contributed by atoms with Crippen LogP contribution >= 0.6 is 0 Å². The van der Waals surface area contributed by atoms with E-state index in [1.54, 1.807) is 0 Å². The van der Waals surface area contributed by atoms with Gasteiger partial charge in [-0.3, -0.25) is 0 Å². The third-order valence-electron chi connectivity index (χ3n) is 2.28. The first-order valence-electron chi connectivity index (χ1n) is 5.67. The van der Waals surface area contributed by atoms with E-state index < -0.39 is 23.6 Å². The number of aliphatic hydroxyl groups excluding tert-OH is 1. The Morgan fingerprint density at radius 3 is 2.53 bits per heavy atom. The fourth-order valence-electron chi connectivity index (χ4n) is 1.31. The Labute approximate surface area is 109 Å². The van der Waals surface area contributed by atoms with Crippen LogP contribution in [0.2, 0.25) is 0 Å². The SMILES string of the molecule is COCCOCC(O)CNc1cc(F)c(F)cc1F. The molecule has 0 amide bonds. The van der Waals surface area contributed by atoms with Gasteiger partial charge in [-0.15, -0.1) is 0 Å². The molecule has 0 heterocycles. The maximum absolute atomic E-state index is 13.2. The number of benzene rings is 1. The van der Waals surface area contributed by atoms with Crippen molar-refractivity contribution in [3.8, 4) is 0 Å². The quantitative estimate of drug-likeness (QED) is 0.560. The van der Waals surface area contributed by atoms with Gasteiger partial charge in [-0.2, -0.15) is 0 Å². The predicted molar refractivity (Wildman–Crippen MR) is 63.5 cm³/mol. The fraction of sp³-hybridized carbons (Fsp3) is 0.500. The lowest BCUT2D eigenvalue weighted by molar-refractivity contribution is 0.0182. The summed E-state index contributed by atoms with van der Waals surface area (Å²) in [6, 6.07) is 1.14. The minimum Gasteiger partial charge on any atom is -0.389 e. The lowest BCUT2D eigenvalue weighted by Crippen LogP contribution is -2.26. The van der Waals surface area contributed by atoms with Gasteiger partial charge in [-0.05, 0) is 0 Å². The van der Waals surface area contributed by atoms with Crippen molar-refractivity contribution in [1.29, 1.82) is 0 Å². The molecule has 108 valence electrons. The molecule has 0 saturated carbocycles. The highest BCUT2D eigenvalue weighted by molar-refractivity contribution is 5.45. The molecule has 0 aliphatic rings. The van der Waals surface area contributed by atoms with Crippen LogP contribution in [0.25, 0.3) is 0 Å². The van der Waals surface area contributed by atoms with Gasteiger partial charge in [0.05, 0.1) is 31.6 Å². The van der Waals surface area contributed by atoms with E-state index in [1.807, 2.05) is 0 Å². The molecule has 1 aromatic rings. The molecule has 0 saturated heterocycles. The van der Waals surface area contributed by atoms with Crippen molar-refractivity contribution < 1.29 is 27.8 Å². The van der Waals surface area contributed by atoms with Crippen molar-refractivity contribution in [2.45, 2.75) is 6.10 Å². The molecule has 1 atom stereocenters. The number of halogens is 3. The average Bonchev–Trinajstić information content (AvgIpc) is 2.37. The smallest absolute Gasteiger partial charge is 0.161 e. The van der Waals surface area contributed by atoms with Crippen LogP contribution in [-0.2, 0) is 9.47 Å². The molecule has 1 aromatic carbocycles. The summed E-state index contributed by atoms with van der Waals surface area (Å²) in [5, 5.41) is 12.0. The number of hydrogen-bond acceptors (Lipinski definition) is 4. The molecule has 0 fully saturated rings. The van der Waals surface area contributed by atoms with Gasteiger partial charge in [0, 0.05) is 25.8 Å². The molecular weight excluding hydrogens is 263 g/mol. The summed E-state index contributed by atoms with van der Waals surface area (Å²) in [7, 11) is 1.52. The van der Waals surface area contributed by atoms with Crippen LogP contribution in [0.5, 0.6) is 0 Å². The van der Waals surface area contributed by atoms with E-state index in [2.05, 4.69) is 5.32 Å². The Morgan fingerprint density at radius 2 is 1.84 bits per heavy atom. The summed E-state index contributed by atoms with van der Waals surface area (Å²) in [4.78, 5) is 0. The van der Waals surface area contributed by atoms with Crippen LogP contribution in [0, 0.1) is 17.5 Å². The van der Waals surface area contributed by atoms with Crippen LogP contribution in [-0.4, -0.2) is 44.7 Å². The van der Waals surface area contributed by atoms with E-state index in [-0.39, 0.29) is 18.8 Å². The Bertz CT molecular complexity index is 404. The zero-order valence-electron chi connectivity index (χ0n) is 10.5. The summed E-state index contributed by atoms with van der Waals surface area (Å²) in [6.45, 7) is 0.710. The lowest BCUT2D eigenvalue weighted by Gasteiger charge is -2.13. The van der Waals surface area contributed by atoms with Crippen LogP contribution < -0.4 is 5.32 Å². The number of nitrogens with one attached hydrogen (secondary N) is 1. The molecule has 1 rings (SSSR count). The number of rotatable bonds is 8. The van der Waals surface area contributed by atoms with E-state index in [0.717, 1.165) is 0 Å². The van der Waals surface area contributed by atoms with E-state index in [0.29, 0.717) is 25.3 Å². The molecule has 0 bridgehead atoms.